The maximum absolute atomic E-state index is 11.4. The molecule has 0 bridgehead atoms. The molecule has 0 fully saturated rings. The molecule has 0 unspecified atom stereocenters. The maximum Gasteiger partial charge on any atom is 0.268 e. The van der Waals surface area contributed by atoms with E-state index in [0.717, 1.165) is 11.3 Å². The van der Waals surface area contributed by atoms with Crippen LogP contribution in [0.5, 0.6) is 0 Å². The average Bonchev–Trinajstić information content (AvgIpc) is 2.33. The number of rotatable bonds is 2. The fraction of sp³-hybridized carbons (Fsp3) is 0.231. The average molecular weight is 249 g/mol. The van der Waals surface area contributed by atoms with E-state index in [1.807, 2.05) is 25.1 Å². The van der Waals surface area contributed by atoms with Gasteiger partial charge in [0, 0.05) is 11.1 Å². The molecule has 0 saturated heterocycles. The molecule has 3 nitrogen and oxygen atoms in total. The minimum absolute atomic E-state index is 0.190. The lowest BCUT2D eigenvalue weighted by Gasteiger charge is -2.05. The fourth-order valence-electron chi connectivity index (χ4n) is 1.59. The molecule has 4 heteroatoms. The normalized spacial score (nSPS) is 10.5. The van der Waals surface area contributed by atoms with E-state index in [1.165, 1.54) is 11.1 Å². The van der Waals surface area contributed by atoms with Crippen LogP contribution >= 0.6 is 11.6 Å². The van der Waals surface area contributed by atoms with Gasteiger partial charge < -0.3 is 0 Å². The summed E-state index contributed by atoms with van der Waals surface area (Å²) >= 11 is 5.70. The Morgan fingerprint density at radius 1 is 1.24 bits per heavy atom. The summed E-state index contributed by atoms with van der Waals surface area (Å²) in [6.07, 6.45) is 0. The number of aromatic nitrogens is 2. The van der Waals surface area contributed by atoms with Gasteiger partial charge in [-0.1, -0.05) is 12.1 Å². The van der Waals surface area contributed by atoms with Crippen molar-refractivity contribution in [2.24, 2.45) is 0 Å². The first-order valence-corrected chi connectivity index (χ1v) is 5.87. The van der Waals surface area contributed by atoms with E-state index in [0.29, 0.717) is 5.56 Å². The second-order valence-electron chi connectivity index (χ2n) is 4.04. The van der Waals surface area contributed by atoms with Crippen LogP contribution in [0, 0.1) is 13.8 Å². The van der Waals surface area contributed by atoms with Crippen molar-refractivity contribution in [3.8, 4) is 11.3 Å². The molecule has 2 rings (SSSR count). The minimum Gasteiger partial charge on any atom is -0.268 e. The molecule has 0 spiro atoms. The Morgan fingerprint density at radius 2 is 2.00 bits per heavy atom. The zero-order valence-electron chi connectivity index (χ0n) is 9.75. The molecule has 1 heterocycles. The zero-order chi connectivity index (χ0) is 12.4. The molecular weight excluding hydrogens is 236 g/mol. The van der Waals surface area contributed by atoms with Crippen LogP contribution in [0.3, 0.4) is 0 Å². The molecule has 2 aromatic rings. The first-order chi connectivity index (χ1) is 8.11. The molecule has 0 saturated carbocycles. The van der Waals surface area contributed by atoms with Gasteiger partial charge in [0.15, 0.2) is 0 Å². The lowest BCUT2D eigenvalue weighted by molar-refractivity contribution is 0.970. The van der Waals surface area contributed by atoms with Crippen LogP contribution in [0.4, 0.5) is 0 Å². The molecule has 17 heavy (non-hydrogen) atoms. The monoisotopic (exact) mass is 248 g/mol. The van der Waals surface area contributed by atoms with E-state index in [2.05, 4.69) is 17.1 Å². The topological polar surface area (TPSA) is 45.8 Å². The van der Waals surface area contributed by atoms with Crippen LogP contribution in [0.1, 0.15) is 16.7 Å². The minimum atomic E-state index is -0.229. The standard InChI is InChI=1S/C13H13ClN2O/c1-8-3-4-10(5-9(8)2)12-6-11(7-14)13(17)16-15-12/h3-6H,7H2,1-2H3,(H,16,17). The summed E-state index contributed by atoms with van der Waals surface area (Å²) in [6, 6.07) is 7.81. The summed E-state index contributed by atoms with van der Waals surface area (Å²) in [5, 5.41) is 6.49. The number of hydrogen-bond donors (Lipinski definition) is 1. The van der Waals surface area contributed by atoms with Crippen LogP contribution in [-0.2, 0) is 5.88 Å². The number of aromatic amines is 1. The lowest BCUT2D eigenvalue weighted by atomic mass is 10.0. The highest BCUT2D eigenvalue weighted by Gasteiger charge is 2.05. The van der Waals surface area contributed by atoms with Crippen molar-refractivity contribution in [2.75, 3.05) is 0 Å². The Bertz CT molecular complexity index is 605. The van der Waals surface area contributed by atoms with Gasteiger partial charge in [-0.2, -0.15) is 5.10 Å². The van der Waals surface area contributed by atoms with E-state index in [-0.39, 0.29) is 11.4 Å². The Kier molecular flexibility index (Phi) is 3.29. The second kappa shape index (κ2) is 4.72. The third kappa shape index (κ3) is 2.39. The number of H-pyrrole nitrogens is 1. The zero-order valence-corrected chi connectivity index (χ0v) is 10.5. The highest BCUT2D eigenvalue weighted by atomic mass is 35.5. The highest BCUT2D eigenvalue weighted by molar-refractivity contribution is 6.17. The number of alkyl halides is 1. The van der Waals surface area contributed by atoms with Crippen molar-refractivity contribution in [1.82, 2.24) is 10.2 Å². The van der Waals surface area contributed by atoms with Crippen molar-refractivity contribution in [3.63, 3.8) is 0 Å². The van der Waals surface area contributed by atoms with Gasteiger partial charge >= 0.3 is 0 Å². The largest absolute Gasteiger partial charge is 0.268 e. The predicted octanol–water partition coefficient (Wildman–Crippen LogP) is 2.79. The van der Waals surface area contributed by atoms with Crippen molar-refractivity contribution < 1.29 is 0 Å². The van der Waals surface area contributed by atoms with Gasteiger partial charge in [-0.3, -0.25) is 4.79 Å². The molecule has 0 atom stereocenters. The van der Waals surface area contributed by atoms with E-state index in [1.54, 1.807) is 6.07 Å². The molecule has 0 aliphatic heterocycles. The summed E-state index contributed by atoms with van der Waals surface area (Å²) in [7, 11) is 0. The number of hydrogen-bond acceptors (Lipinski definition) is 2. The lowest BCUT2D eigenvalue weighted by Crippen LogP contribution is -2.13. The van der Waals surface area contributed by atoms with Crippen LogP contribution in [0.2, 0.25) is 0 Å². The third-order valence-electron chi connectivity index (χ3n) is 2.83. The van der Waals surface area contributed by atoms with E-state index in [9.17, 15) is 4.79 Å². The Morgan fingerprint density at radius 3 is 2.65 bits per heavy atom. The Hall–Kier alpha value is -1.61. The predicted molar refractivity (Wildman–Crippen MR) is 69.3 cm³/mol. The van der Waals surface area contributed by atoms with Crippen molar-refractivity contribution in [2.45, 2.75) is 19.7 Å². The van der Waals surface area contributed by atoms with Gasteiger partial charge in [-0.25, -0.2) is 5.10 Å². The summed E-state index contributed by atoms with van der Waals surface area (Å²) in [5.41, 5.74) is 4.46. The molecule has 1 N–H and O–H groups in total. The molecule has 0 amide bonds. The van der Waals surface area contributed by atoms with Gasteiger partial charge in [0.2, 0.25) is 0 Å². The summed E-state index contributed by atoms with van der Waals surface area (Å²) < 4.78 is 0. The Balaban J connectivity index is 2.53. The van der Waals surface area contributed by atoms with E-state index in [4.69, 9.17) is 11.6 Å². The van der Waals surface area contributed by atoms with Crippen LogP contribution in [-0.4, -0.2) is 10.2 Å². The van der Waals surface area contributed by atoms with Gasteiger partial charge in [0.25, 0.3) is 5.56 Å². The molecule has 0 radical (unpaired) electrons. The molecule has 1 aromatic carbocycles. The van der Waals surface area contributed by atoms with Gasteiger partial charge in [-0.15, -0.1) is 11.6 Å². The van der Waals surface area contributed by atoms with Crippen LogP contribution in [0.15, 0.2) is 29.1 Å². The maximum atomic E-state index is 11.4. The van der Waals surface area contributed by atoms with Gasteiger partial charge in [0.1, 0.15) is 0 Å². The highest BCUT2D eigenvalue weighted by Crippen LogP contribution is 2.19. The van der Waals surface area contributed by atoms with Crippen molar-refractivity contribution in [1.29, 1.82) is 0 Å². The number of aryl methyl sites for hydroxylation is 2. The molecule has 88 valence electrons. The molecule has 0 aliphatic rings. The summed E-state index contributed by atoms with van der Waals surface area (Å²) in [5.74, 6) is 0.190. The molecule has 0 aliphatic carbocycles. The summed E-state index contributed by atoms with van der Waals surface area (Å²) in [4.78, 5) is 11.4. The third-order valence-corrected chi connectivity index (χ3v) is 3.12. The van der Waals surface area contributed by atoms with Crippen LogP contribution < -0.4 is 5.56 Å². The molecular formula is C13H13ClN2O. The number of benzene rings is 1. The fourth-order valence-corrected chi connectivity index (χ4v) is 1.79. The molecule has 1 aromatic heterocycles. The van der Waals surface area contributed by atoms with Crippen molar-refractivity contribution >= 4 is 11.6 Å². The van der Waals surface area contributed by atoms with Gasteiger partial charge in [-0.05, 0) is 37.1 Å². The van der Waals surface area contributed by atoms with E-state index < -0.39 is 0 Å². The first-order valence-electron chi connectivity index (χ1n) is 5.34. The quantitative estimate of drug-likeness (QED) is 0.831. The number of halogens is 1. The summed E-state index contributed by atoms with van der Waals surface area (Å²) in [6.45, 7) is 4.11. The second-order valence-corrected chi connectivity index (χ2v) is 4.31. The van der Waals surface area contributed by atoms with E-state index >= 15 is 0 Å². The number of nitrogens with one attached hydrogen (secondary N) is 1. The smallest absolute Gasteiger partial charge is 0.268 e. The first kappa shape index (κ1) is 11.9. The van der Waals surface area contributed by atoms with Gasteiger partial charge in [0.05, 0.1) is 11.6 Å². The number of nitrogens with zero attached hydrogens (tertiary/aromatic N) is 1. The SMILES string of the molecule is Cc1ccc(-c2cc(CCl)c(=O)[nH]n2)cc1C. The Labute approximate surface area is 104 Å². The van der Waals surface area contributed by atoms with Crippen molar-refractivity contribution in [3.05, 3.63) is 51.3 Å². The van der Waals surface area contributed by atoms with Crippen LogP contribution in [0.25, 0.3) is 11.3 Å².